The summed E-state index contributed by atoms with van der Waals surface area (Å²) in [5, 5.41) is 2.02. The monoisotopic (exact) mass is 705 g/mol. The Morgan fingerprint density at radius 1 is 0.439 bits per heavy atom. The molecule has 41 heavy (non-hydrogen) atoms. The minimum absolute atomic E-state index is 0. The molecule has 0 saturated carbocycles. The van der Waals surface area contributed by atoms with Crippen LogP contribution in [0.1, 0.15) is 0 Å². The quantitative estimate of drug-likeness (QED) is 0.126. The SMILES string of the molecule is [Ir].[c-]1c2cccc1N1c3[c-]c(ccc3)N3c4cccc(n4)N(c4[c-]c(ccc4)N2c2[c-][n+]3ccc2)c2cccc1n2. The van der Waals surface area contributed by atoms with Gasteiger partial charge in [0.25, 0.3) is 0 Å². The van der Waals surface area contributed by atoms with Crippen molar-refractivity contribution in [3.8, 4) is 0 Å². The van der Waals surface area contributed by atoms with Crippen LogP contribution in [-0.2, 0) is 20.1 Å². The van der Waals surface area contributed by atoms with Crippen molar-refractivity contribution in [3.05, 3.63) is 134 Å². The van der Waals surface area contributed by atoms with Crippen LogP contribution in [0.5, 0.6) is 0 Å². The first-order valence-corrected chi connectivity index (χ1v) is 13.0. The molecular formula is C33H18IrN7-3. The minimum atomic E-state index is 0. The van der Waals surface area contributed by atoms with Gasteiger partial charge in [0.15, 0.2) is 12.0 Å². The number of rotatable bonds is 0. The number of aromatic nitrogens is 3. The van der Waals surface area contributed by atoms with Gasteiger partial charge in [-0.05, 0) is 35.6 Å². The van der Waals surface area contributed by atoms with E-state index < -0.39 is 0 Å². The Kier molecular flexibility index (Phi) is 5.22. The van der Waals surface area contributed by atoms with Gasteiger partial charge in [-0.15, -0.1) is 71.7 Å². The van der Waals surface area contributed by atoms with Crippen molar-refractivity contribution >= 4 is 63.1 Å². The fraction of sp³-hybridized carbons (Fsp3) is 0. The van der Waals surface area contributed by atoms with Crippen molar-refractivity contribution in [2.45, 2.75) is 0 Å². The third-order valence-corrected chi connectivity index (χ3v) is 7.24. The Morgan fingerprint density at radius 2 is 0.878 bits per heavy atom. The van der Waals surface area contributed by atoms with Crippen molar-refractivity contribution in [1.29, 1.82) is 0 Å². The van der Waals surface area contributed by atoms with E-state index in [0.717, 1.165) is 57.3 Å². The van der Waals surface area contributed by atoms with E-state index in [2.05, 4.69) is 57.3 Å². The van der Waals surface area contributed by atoms with Crippen molar-refractivity contribution in [3.63, 3.8) is 0 Å². The van der Waals surface area contributed by atoms with E-state index in [4.69, 9.17) is 9.97 Å². The van der Waals surface area contributed by atoms with Crippen LogP contribution >= 0.6 is 0 Å². The average Bonchev–Trinajstić information content (AvgIpc) is 2.98. The molecule has 3 aromatic carbocycles. The standard InChI is InChI=1S/C33H18N7.Ir/c1-7-23-19-25(9-1)38-26-10-3-12-28(21-26)40-33-17-5-16-32(35-33)39(31-15-4-14-30(38)34-31)27-11-2-8-24(20-27)37(23)29-13-6-18-36(40)22-29;/h1-18H;/q-3;. The summed E-state index contributed by atoms with van der Waals surface area (Å²) in [6.07, 6.45) is 5.57. The van der Waals surface area contributed by atoms with Gasteiger partial charge in [0.2, 0.25) is 0 Å². The summed E-state index contributed by atoms with van der Waals surface area (Å²) in [7, 11) is 0. The molecule has 1 radical (unpaired) electrons. The van der Waals surface area contributed by atoms with Gasteiger partial charge in [-0.3, -0.25) is 0 Å². The molecule has 0 unspecified atom stereocenters. The number of nitrogens with zero attached hydrogens (tertiary/aromatic N) is 7. The van der Waals surface area contributed by atoms with Gasteiger partial charge in [-0.25, -0.2) is 9.97 Å². The summed E-state index contributed by atoms with van der Waals surface area (Å²) in [4.78, 5) is 16.6. The molecule has 16 bridgehead atoms. The largest absolute Gasteiger partial charge is 0.376 e. The normalized spacial score (nSPS) is 13.5. The molecule has 6 aromatic rings. The molecule has 0 amide bonds. The zero-order valence-electron chi connectivity index (χ0n) is 21.4. The predicted molar refractivity (Wildman–Crippen MR) is 153 cm³/mol. The zero-order chi connectivity index (χ0) is 26.2. The molecule has 0 fully saturated rings. The molecule has 4 aliphatic heterocycles. The van der Waals surface area contributed by atoms with E-state index in [9.17, 15) is 0 Å². The van der Waals surface area contributed by atoms with E-state index in [1.165, 1.54) is 0 Å². The van der Waals surface area contributed by atoms with Gasteiger partial charge < -0.3 is 14.7 Å². The third-order valence-electron chi connectivity index (χ3n) is 7.24. The summed E-state index contributed by atoms with van der Waals surface area (Å²) in [6.45, 7) is 0. The van der Waals surface area contributed by atoms with E-state index in [-0.39, 0.29) is 20.1 Å². The summed E-state index contributed by atoms with van der Waals surface area (Å²) >= 11 is 0. The molecule has 0 spiro atoms. The topological polar surface area (TPSA) is 42.6 Å². The Morgan fingerprint density at radius 3 is 1.54 bits per heavy atom. The van der Waals surface area contributed by atoms with Crippen molar-refractivity contribution < 1.29 is 24.8 Å². The molecule has 197 valence electrons. The van der Waals surface area contributed by atoms with Crippen LogP contribution in [0.2, 0.25) is 0 Å². The number of pyridine rings is 3. The first-order valence-electron chi connectivity index (χ1n) is 13.0. The van der Waals surface area contributed by atoms with E-state index in [1.54, 1.807) is 0 Å². The zero-order valence-corrected chi connectivity index (χ0v) is 23.8. The molecule has 0 N–H and O–H groups in total. The second-order valence-corrected chi connectivity index (χ2v) is 9.64. The molecule has 0 saturated heterocycles. The average molecular weight is 705 g/mol. The molecule has 7 heterocycles. The smallest absolute Gasteiger partial charge is 0.191 e. The first kappa shape index (κ1) is 23.8. The number of anilines is 11. The van der Waals surface area contributed by atoms with Gasteiger partial charge >= 0.3 is 0 Å². The first-order chi connectivity index (χ1) is 19.8. The van der Waals surface area contributed by atoms with Crippen molar-refractivity contribution in [1.82, 2.24) is 9.97 Å². The maximum Gasteiger partial charge on any atom is 0.191 e. The Bertz CT molecular complexity index is 1490. The van der Waals surface area contributed by atoms with Crippen molar-refractivity contribution in [2.24, 2.45) is 0 Å². The molecule has 8 heteroatoms. The summed E-state index contributed by atoms with van der Waals surface area (Å²) < 4.78 is 1.93. The summed E-state index contributed by atoms with van der Waals surface area (Å²) in [6, 6.07) is 45.5. The molecular weight excluding hydrogens is 687 g/mol. The summed E-state index contributed by atoms with van der Waals surface area (Å²) in [5.41, 5.74) is 5.82. The van der Waals surface area contributed by atoms with Crippen LogP contribution in [0.4, 0.5) is 63.1 Å². The Hall–Kier alpha value is -5.04. The minimum Gasteiger partial charge on any atom is -0.376 e. The van der Waals surface area contributed by atoms with Crippen LogP contribution in [0.25, 0.3) is 0 Å². The number of hydrogen-bond donors (Lipinski definition) is 0. The second kappa shape index (κ2) is 8.99. The van der Waals surface area contributed by atoms with E-state index >= 15 is 0 Å². The molecule has 0 aliphatic carbocycles. The van der Waals surface area contributed by atoms with Gasteiger partial charge in [0.1, 0.15) is 17.5 Å². The van der Waals surface area contributed by atoms with Crippen LogP contribution in [0.3, 0.4) is 0 Å². The maximum absolute atomic E-state index is 5.19. The molecule has 7 nitrogen and oxygen atoms in total. The fourth-order valence-corrected chi connectivity index (χ4v) is 5.56. The van der Waals surface area contributed by atoms with Gasteiger partial charge in [0.05, 0.1) is 6.20 Å². The van der Waals surface area contributed by atoms with E-state index in [0.29, 0.717) is 5.82 Å². The number of benzene rings is 3. The van der Waals surface area contributed by atoms with Gasteiger partial charge in [-0.2, -0.15) is 22.9 Å². The van der Waals surface area contributed by atoms with Crippen LogP contribution in [0, 0.1) is 24.4 Å². The molecule has 10 rings (SSSR count). The maximum atomic E-state index is 5.19. The Labute approximate surface area is 250 Å². The van der Waals surface area contributed by atoms with Crippen LogP contribution in [0.15, 0.2) is 109 Å². The predicted octanol–water partition coefficient (Wildman–Crippen LogP) is 6.91. The number of hydrogen-bond acceptors (Lipinski definition) is 6. The van der Waals surface area contributed by atoms with Gasteiger partial charge in [-0.1, -0.05) is 40.6 Å². The van der Waals surface area contributed by atoms with Crippen molar-refractivity contribution in [2.75, 3.05) is 19.7 Å². The van der Waals surface area contributed by atoms with Gasteiger partial charge in [0, 0.05) is 20.1 Å². The second-order valence-electron chi connectivity index (χ2n) is 9.64. The Balaban J connectivity index is 0.00000256. The summed E-state index contributed by atoms with van der Waals surface area (Å²) in [5.74, 6) is 2.89. The molecule has 4 aliphatic rings. The van der Waals surface area contributed by atoms with Crippen LogP contribution in [-0.4, -0.2) is 9.97 Å². The molecule has 0 atom stereocenters. The van der Waals surface area contributed by atoms with Crippen LogP contribution < -0.4 is 24.4 Å². The van der Waals surface area contributed by atoms with E-state index in [1.807, 2.05) is 101 Å². The third kappa shape index (κ3) is 3.58. The molecule has 3 aromatic heterocycles. The fourth-order valence-electron chi connectivity index (χ4n) is 5.56.